The maximum absolute atomic E-state index is 13.4. The lowest BCUT2D eigenvalue weighted by Gasteiger charge is -2.19. The molecule has 1 aromatic heterocycles. The van der Waals surface area contributed by atoms with E-state index in [-0.39, 0.29) is 0 Å². The van der Waals surface area contributed by atoms with Crippen LogP contribution >= 0.6 is 0 Å². The topological polar surface area (TPSA) is 24.9 Å². The van der Waals surface area contributed by atoms with Crippen LogP contribution in [0.2, 0.25) is 0 Å². The van der Waals surface area contributed by atoms with E-state index in [1.807, 2.05) is 26.0 Å². The van der Waals surface area contributed by atoms with Crippen molar-refractivity contribution < 1.29 is 13.2 Å². The van der Waals surface area contributed by atoms with Crippen molar-refractivity contribution in [3.8, 4) is 0 Å². The van der Waals surface area contributed by atoms with Crippen LogP contribution < -0.4 is 5.32 Å². The van der Waals surface area contributed by atoms with Gasteiger partial charge in [-0.2, -0.15) is 0 Å². The van der Waals surface area contributed by atoms with E-state index in [0.29, 0.717) is 12.1 Å². The van der Waals surface area contributed by atoms with Crippen molar-refractivity contribution in [1.82, 2.24) is 10.3 Å². The molecule has 0 spiro atoms. The number of halogens is 3. The molecule has 1 atom stereocenters. The standard InChI is InChI=1S/C15H15F3N2/c1-3-19-15(10-5-4-9(2)20-8-10)11-6-12(16)14(18)13(17)7-11/h4-8,15,19H,3H2,1-2H3. The molecular formula is C15H15F3N2. The summed E-state index contributed by atoms with van der Waals surface area (Å²) in [5.74, 6) is -3.84. The molecule has 0 aliphatic heterocycles. The summed E-state index contributed by atoms with van der Waals surface area (Å²) in [5, 5.41) is 3.11. The molecule has 5 heteroatoms. The molecule has 0 bridgehead atoms. The third kappa shape index (κ3) is 2.99. The minimum Gasteiger partial charge on any atom is -0.306 e. The van der Waals surface area contributed by atoms with E-state index in [0.717, 1.165) is 23.4 Å². The van der Waals surface area contributed by atoms with Crippen molar-refractivity contribution in [2.45, 2.75) is 19.9 Å². The fourth-order valence-electron chi connectivity index (χ4n) is 2.02. The summed E-state index contributed by atoms with van der Waals surface area (Å²) in [6.45, 7) is 4.33. The van der Waals surface area contributed by atoms with Gasteiger partial charge in [0.05, 0.1) is 6.04 Å². The van der Waals surface area contributed by atoms with Crippen LogP contribution in [-0.2, 0) is 0 Å². The molecule has 0 fully saturated rings. The summed E-state index contributed by atoms with van der Waals surface area (Å²) < 4.78 is 39.8. The number of benzene rings is 1. The molecule has 1 N–H and O–H groups in total. The van der Waals surface area contributed by atoms with Crippen LogP contribution in [0.3, 0.4) is 0 Å². The zero-order valence-electron chi connectivity index (χ0n) is 11.3. The van der Waals surface area contributed by atoms with E-state index >= 15 is 0 Å². The first-order valence-electron chi connectivity index (χ1n) is 6.33. The Balaban J connectivity index is 2.45. The van der Waals surface area contributed by atoms with Gasteiger partial charge in [-0.3, -0.25) is 4.98 Å². The van der Waals surface area contributed by atoms with Gasteiger partial charge in [0.25, 0.3) is 0 Å². The zero-order chi connectivity index (χ0) is 14.7. The first-order valence-corrected chi connectivity index (χ1v) is 6.33. The maximum atomic E-state index is 13.4. The van der Waals surface area contributed by atoms with Gasteiger partial charge in [-0.15, -0.1) is 0 Å². The first-order chi connectivity index (χ1) is 9.52. The molecule has 0 aliphatic carbocycles. The normalized spacial score (nSPS) is 12.4. The monoisotopic (exact) mass is 280 g/mol. The summed E-state index contributed by atoms with van der Waals surface area (Å²) in [7, 11) is 0. The molecule has 2 nitrogen and oxygen atoms in total. The van der Waals surface area contributed by atoms with Gasteiger partial charge < -0.3 is 5.32 Å². The number of pyridine rings is 1. The molecule has 20 heavy (non-hydrogen) atoms. The summed E-state index contributed by atoms with van der Waals surface area (Å²) in [5.41, 5.74) is 1.94. The number of rotatable bonds is 4. The van der Waals surface area contributed by atoms with Gasteiger partial charge in [-0.05, 0) is 42.8 Å². The molecule has 0 amide bonds. The van der Waals surface area contributed by atoms with Crippen LogP contribution in [0.4, 0.5) is 13.2 Å². The number of nitrogens with zero attached hydrogens (tertiary/aromatic N) is 1. The Hall–Kier alpha value is -1.88. The summed E-state index contributed by atoms with van der Waals surface area (Å²) in [4.78, 5) is 4.17. The lowest BCUT2D eigenvalue weighted by Crippen LogP contribution is -2.22. The zero-order valence-corrected chi connectivity index (χ0v) is 11.3. The van der Waals surface area contributed by atoms with Crippen LogP contribution in [0.15, 0.2) is 30.5 Å². The van der Waals surface area contributed by atoms with Crippen molar-refractivity contribution in [2.75, 3.05) is 6.54 Å². The van der Waals surface area contributed by atoms with Gasteiger partial charge in [0.1, 0.15) is 0 Å². The average Bonchev–Trinajstić information content (AvgIpc) is 2.43. The van der Waals surface area contributed by atoms with Crippen molar-refractivity contribution in [3.05, 3.63) is 64.7 Å². The Morgan fingerprint density at radius 2 is 1.75 bits per heavy atom. The molecule has 0 saturated heterocycles. The second kappa shape index (κ2) is 6.05. The average molecular weight is 280 g/mol. The molecule has 2 aromatic rings. The lowest BCUT2D eigenvalue weighted by molar-refractivity contribution is 0.442. The predicted octanol–water partition coefficient (Wildman–Crippen LogP) is 3.51. The predicted molar refractivity (Wildman–Crippen MR) is 70.8 cm³/mol. The van der Waals surface area contributed by atoms with Crippen LogP contribution in [-0.4, -0.2) is 11.5 Å². The van der Waals surface area contributed by atoms with Gasteiger partial charge in [-0.25, -0.2) is 13.2 Å². The number of hydrogen-bond acceptors (Lipinski definition) is 2. The maximum Gasteiger partial charge on any atom is 0.194 e. The van der Waals surface area contributed by atoms with Gasteiger partial charge in [0.15, 0.2) is 17.5 Å². The Morgan fingerprint density at radius 1 is 1.10 bits per heavy atom. The highest BCUT2D eigenvalue weighted by Gasteiger charge is 2.18. The Kier molecular flexibility index (Phi) is 4.39. The summed E-state index contributed by atoms with van der Waals surface area (Å²) >= 11 is 0. The highest BCUT2D eigenvalue weighted by Crippen LogP contribution is 2.24. The molecule has 1 unspecified atom stereocenters. The molecule has 0 radical (unpaired) electrons. The van der Waals surface area contributed by atoms with E-state index in [4.69, 9.17) is 0 Å². The number of aryl methyl sites for hydroxylation is 1. The molecule has 0 aliphatic rings. The third-order valence-corrected chi connectivity index (χ3v) is 3.02. The highest BCUT2D eigenvalue weighted by atomic mass is 19.2. The van der Waals surface area contributed by atoms with Gasteiger partial charge >= 0.3 is 0 Å². The van der Waals surface area contributed by atoms with E-state index in [9.17, 15) is 13.2 Å². The summed E-state index contributed by atoms with van der Waals surface area (Å²) in [6.07, 6.45) is 1.64. The van der Waals surface area contributed by atoms with Gasteiger partial charge in [0, 0.05) is 11.9 Å². The fourth-order valence-corrected chi connectivity index (χ4v) is 2.02. The smallest absolute Gasteiger partial charge is 0.194 e. The van der Waals surface area contributed by atoms with Crippen LogP contribution in [0, 0.1) is 24.4 Å². The fraction of sp³-hybridized carbons (Fsp3) is 0.267. The number of aromatic nitrogens is 1. The molecule has 2 rings (SSSR count). The quantitative estimate of drug-likeness (QED) is 0.867. The Morgan fingerprint density at radius 3 is 2.25 bits per heavy atom. The molecule has 1 heterocycles. The lowest BCUT2D eigenvalue weighted by atomic mass is 9.99. The Bertz CT molecular complexity index is 574. The van der Waals surface area contributed by atoms with E-state index in [1.54, 1.807) is 6.20 Å². The van der Waals surface area contributed by atoms with E-state index in [1.165, 1.54) is 0 Å². The van der Waals surface area contributed by atoms with Gasteiger partial charge in [-0.1, -0.05) is 13.0 Å². The SMILES string of the molecule is CCNC(c1ccc(C)nc1)c1cc(F)c(F)c(F)c1. The minimum absolute atomic E-state index is 0.328. The van der Waals surface area contributed by atoms with Gasteiger partial charge in [0.2, 0.25) is 0 Å². The number of hydrogen-bond donors (Lipinski definition) is 1. The molecule has 106 valence electrons. The second-order valence-electron chi connectivity index (χ2n) is 4.52. The number of nitrogens with one attached hydrogen (secondary N) is 1. The van der Waals surface area contributed by atoms with Crippen molar-refractivity contribution in [2.24, 2.45) is 0 Å². The largest absolute Gasteiger partial charge is 0.306 e. The molecule has 1 aromatic carbocycles. The second-order valence-corrected chi connectivity index (χ2v) is 4.52. The van der Waals surface area contributed by atoms with Crippen molar-refractivity contribution in [3.63, 3.8) is 0 Å². The van der Waals surface area contributed by atoms with E-state index < -0.39 is 23.5 Å². The van der Waals surface area contributed by atoms with E-state index in [2.05, 4.69) is 10.3 Å². The molecular weight excluding hydrogens is 265 g/mol. The Labute approximate surface area is 115 Å². The third-order valence-electron chi connectivity index (χ3n) is 3.02. The minimum atomic E-state index is -1.45. The summed E-state index contributed by atoms with van der Waals surface area (Å²) in [6, 6.07) is 5.22. The van der Waals surface area contributed by atoms with Crippen molar-refractivity contribution >= 4 is 0 Å². The first kappa shape index (κ1) is 14.5. The van der Waals surface area contributed by atoms with Crippen molar-refractivity contribution in [1.29, 1.82) is 0 Å². The van der Waals surface area contributed by atoms with Crippen LogP contribution in [0.1, 0.15) is 29.8 Å². The molecule has 0 saturated carbocycles. The van der Waals surface area contributed by atoms with Crippen LogP contribution in [0.25, 0.3) is 0 Å². The van der Waals surface area contributed by atoms with Crippen LogP contribution in [0.5, 0.6) is 0 Å². The highest BCUT2D eigenvalue weighted by molar-refractivity contribution is 5.32.